The molecule has 0 unspecified atom stereocenters. The van der Waals surface area contributed by atoms with Gasteiger partial charge in [0, 0.05) is 17.1 Å². The van der Waals surface area contributed by atoms with Crippen molar-refractivity contribution in [2.24, 2.45) is 0 Å². The lowest BCUT2D eigenvalue weighted by Crippen LogP contribution is -2.10. The van der Waals surface area contributed by atoms with Gasteiger partial charge >= 0.3 is 0 Å². The minimum absolute atomic E-state index is 1.10. The first-order valence-corrected chi connectivity index (χ1v) is 18.3. The maximum absolute atomic E-state index is 2.37. The van der Waals surface area contributed by atoms with Crippen LogP contribution in [0.15, 0.2) is 212 Å². The van der Waals surface area contributed by atoms with Crippen LogP contribution in [0.3, 0.4) is 0 Å². The summed E-state index contributed by atoms with van der Waals surface area (Å²) in [5, 5.41) is 10.2. The van der Waals surface area contributed by atoms with Gasteiger partial charge in [0.1, 0.15) is 0 Å². The van der Waals surface area contributed by atoms with Crippen molar-refractivity contribution in [2.75, 3.05) is 4.90 Å². The molecule has 0 spiro atoms. The zero-order valence-electron chi connectivity index (χ0n) is 29.2. The van der Waals surface area contributed by atoms with Gasteiger partial charge in [0.05, 0.1) is 0 Å². The van der Waals surface area contributed by atoms with Crippen LogP contribution in [0.2, 0.25) is 0 Å². The van der Waals surface area contributed by atoms with E-state index in [2.05, 4.69) is 217 Å². The topological polar surface area (TPSA) is 3.24 Å². The molecule has 0 radical (unpaired) electrons. The average molecular weight is 674 g/mol. The van der Waals surface area contributed by atoms with Crippen molar-refractivity contribution in [1.82, 2.24) is 0 Å². The van der Waals surface area contributed by atoms with Crippen molar-refractivity contribution in [2.45, 2.75) is 0 Å². The number of rotatable bonds is 6. The second-order valence-electron chi connectivity index (χ2n) is 13.7. The lowest BCUT2D eigenvalue weighted by Gasteiger charge is -2.26. The number of nitrogens with zero attached hydrogens (tertiary/aromatic N) is 1. The number of hydrogen-bond acceptors (Lipinski definition) is 1. The zero-order chi connectivity index (χ0) is 35.1. The van der Waals surface area contributed by atoms with Crippen molar-refractivity contribution >= 4 is 60.2 Å². The number of hydrogen-bond donors (Lipinski definition) is 0. The van der Waals surface area contributed by atoms with Gasteiger partial charge in [-0.15, -0.1) is 0 Å². The zero-order valence-corrected chi connectivity index (χ0v) is 29.2. The fourth-order valence-electron chi connectivity index (χ4n) is 8.08. The highest BCUT2D eigenvalue weighted by molar-refractivity contribution is 6.23. The van der Waals surface area contributed by atoms with Crippen LogP contribution >= 0.6 is 0 Å². The molecule has 10 rings (SSSR count). The van der Waals surface area contributed by atoms with Crippen LogP contribution < -0.4 is 4.90 Å². The molecule has 248 valence electrons. The molecule has 1 heteroatoms. The minimum atomic E-state index is 1.10. The van der Waals surface area contributed by atoms with Crippen LogP contribution in [-0.4, -0.2) is 0 Å². The quantitative estimate of drug-likeness (QED) is 0.159. The van der Waals surface area contributed by atoms with Crippen LogP contribution in [0.1, 0.15) is 0 Å². The van der Waals surface area contributed by atoms with E-state index in [-0.39, 0.29) is 0 Å². The molecule has 0 fully saturated rings. The van der Waals surface area contributed by atoms with Gasteiger partial charge in [-0.1, -0.05) is 170 Å². The summed E-state index contributed by atoms with van der Waals surface area (Å²) >= 11 is 0. The highest BCUT2D eigenvalue weighted by atomic mass is 15.1. The van der Waals surface area contributed by atoms with Gasteiger partial charge in [-0.05, 0) is 119 Å². The third kappa shape index (κ3) is 5.51. The van der Waals surface area contributed by atoms with E-state index in [0.29, 0.717) is 0 Å². The molecular weight excluding hydrogens is 639 g/mol. The van der Waals surface area contributed by atoms with Gasteiger partial charge in [0.15, 0.2) is 0 Å². The van der Waals surface area contributed by atoms with Gasteiger partial charge in [-0.25, -0.2) is 0 Å². The third-order valence-electron chi connectivity index (χ3n) is 10.6. The predicted molar refractivity (Wildman–Crippen MR) is 227 cm³/mol. The maximum Gasteiger partial charge on any atom is 0.0467 e. The minimum Gasteiger partial charge on any atom is -0.310 e. The van der Waals surface area contributed by atoms with E-state index >= 15 is 0 Å². The van der Waals surface area contributed by atoms with E-state index in [1.54, 1.807) is 0 Å². The van der Waals surface area contributed by atoms with Gasteiger partial charge in [-0.2, -0.15) is 0 Å². The Bertz CT molecular complexity index is 2920. The molecule has 0 N–H and O–H groups in total. The van der Waals surface area contributed by atoms with Crippen LogP contribution in [0.25, 0.3) is 76.5 Å². The summed E-state index contributed by atoms with van der Waals surface area (Å²) < 4.78 is 0. The number of fused-ring (bicyclic) bond motifs is 6. The summed E-state index contributed by atoms with van der Waals surface area (Å²) in [4.78, 5) is 2.37. The normalized spacial score (nSPS) is 11.4. The Morgan fingerprint density at radius 1 is 0.245 bits per heavy atom. The highest BCUT2D eigenvalue weighted by Crippen LogP contribution is 2.42. The Hall–Kier alpha value is -6.96. The summed E-state index contributed by atoms with van der Waals surface area (Å²) in [6.07, 6.45) is 0. The molecule has 0 saturated carbocycles. The van der Waals surface area contributed by atoms with Crippen LogP contribution in [0, 0.1) is 0 Å². The maximum atomic E-state index is 2.37. The third-order valence-corrected chi connectivity index (χ3v) is 10.6. The first kappa shape index (κ1) is 30.8. The Morgan fingerprint density at radius 2 is 0.774 bits per heavy atom. The van der Waals surface area contributed by atoms with Crippen molar-refractivity contribution in [3.8, 4) is 33.4 Å². The standard InChI is InChI=1S/C52H35N/c1-2-12-36(13-3-1)41-17-10-18-45(34-41)53(43-30-26-39(27-31-43)47-23-11-16-37-14-4-6-19-46(37)47)44-32-28-40(29-33-44)51-35-42-25-24-38-15-5-7-20-48(38)52(42)50-22-9-8-21-49(50)51/h1-35H. The smallest absolute Gasteiger partial charge is 0.0467 e. The molecule has 0 aliphatic rings. The largest absolute Gasteiger partial charge is 0.310 e. The van der Waals surface area contributed by atoms with E-state index in [9.17, 15) is 0 Å². The Labute approximate surface area is 309 Å². The van der Waals surface area contributed by atoms with Crippen LogP contribution in [0.5, 0.6) is 0 Å². The molecule has 10 aromatic rings. The number of benzene rings is 10. The molecule has 10 aromatic carbocycles. The monoisotopic (exact) mass is 673 g/mol. The molecule has 53 heavy (non-hydrogen) atoms. The van der Waals surface area contributed by atoms with Gasteiger partial charge in [0.2, 0.25) is 0 Å². The fourth-order valence-corrected chi connectivity index (χ4v) is 8.08. The van der Waals surface area contributed by atoms with E-state index in [1.807, 2.05) is 0 Å². The van der Waals surface area contributed by atoms with Crippen molar-refractivity contribution < 1.29 is 0 Å². The van der Waals surface area contributed by atoms with E-state index in [1.165, 1.54) is 76.5 Å². The molecular formula is C52H35N. The Kier molecular flexibility index (Phi) is 7.55. The van der Waals surface area contributed by atoms with Crippen LogP contribution in [0.4, 0.5) is 17.1 Å². The molecule has 0 aromatic heterocycles. The lowest BCUT2D eigenvalue weighted by atomic mass is 9.90. The van der Waals surface area contributed by atoms with Crippen LogP contribution in [-0.2, 0) is 0 Å². The Morgan fingerprint density at radius 3 is 1.51 bits per heavy atom. The SMILES string of the molecule is c1ccc(-c2cccc(N(c3ccc(-c4cccc5ccccc45)cc3)c3ccc(-c4cc5ccc6ccccc6c5c5ccccc45)cc3)c2)cc1. The van der Waals surface area contributed by atoms with Crippen molar-refractivity contribution in [3.63, 3.8) is 0 Å². The molecule has 0 aliphatic carbocycles. The van der Waals surface area contributed by atoms with E-state index in [0.717, 1.165) is 17.1 Å². The summed E-state index contributed by atoms with van der Waals surface area (Å²) in [6, 6.07) is 77.2. The second kappa shape index (κ2) is 13.0. The molecule has 0 heterocycles. The van der Waals surface area contributed by atoms with Gasteiger partial charge in [-0.3, -0.25) is 0 Å². The van der Waals surface area contributed by atoms with E-state index < -0.39 is 0 Å². The lowest BCUT2D eigenvalue weighted by molar-refractivity contribution is 1.28. The molecule has 0 saturated heterocycles. The van der Waals surface area contributed by atoms with Gasteiger partial charge < -0.3 is 4.90 Å². The molecule has 0 atom stereocenters. The van der Waals surface area contributed by atoms with Gasteiger partial charge in [0.25, 0.3) is 0 Å². The number of anilines is 3. The molecule has 1 nitrogen and oxygen atoms in total. The summed E-state index contributed by atoms with van der Waals surface area (Å²) in [6.45, 7) is 0. The Balaban J connectivity index is 1.09. The summed E-state index contributed by atoms with van der Waals surface area (Å²) in [5.74, 6) is 0. The predicted octanol–water partition coefficient (Wildman–Crippen LogP) is 14.8. The fraction of sp³-hybridized carbons (Fsp3) is 0. The summed E-state index contributed by atoms with van der Waals surface area (Å²) in [5.41, 5.74) is 10.6. The first-order valence-electron chi connectivity index (χ1n) is 18.3. The van der Waals surface area contributed by atoms with Crippen molar-refractivity contribution in [3.05, 3.63) is 212 Å². The molecule has 0 amide bonds. The highest BCUT2D eigenvalue weighted by Gasteiger charge is 2.16. The van der Waals surface area contributed by atoms with E-state index in [4.69, 9.17) is 0 Å². The molecule has 0 aliphatic heterocycles. The second-order valence-corrected chi connectivity index (χ2v) is 13.7. The average Bonchev–Trinajstić information content (AvgIpc) is 3.24. The van der Waals surface area contributed by atoms with Crippen molar-refractivity contribution in [1.29, 1.82) is 0 Å². The summed E-state index contributed by atoms with van der Waals surface area (Å²) in [7, 11) is 0. The molecule has 0 bridgehead atoms. The first-order chi connectivity index (χ1) is 26.3.